The minimum atomic E-state index is -0.441. The van der Waals surface area contributed by atoms with Crippen molar-refractivity contribution in [1.82, 2.24) is 14.8 Å². The number of rotatable bonds is 4. The molecule has 0 aliphatic heterocycles. The number of hydrogen-bond acceptors (Lipinski definition) is 6. The fourth-order valence-corrected chi connectivity index (χ4v) is 1.68. The summed E-state index contributed by atoms with van der Waals surface area (Å²) in [6.07, 6.45) is 1.60. The number of carbonyl (C=O) groups excluding carboxylic acids is 1. The van der Waals surface area contributed by atoms with E-state index in [1.165, 1.54) is 7.11 Å². The summed E-state index contributed by atoms with van der Waals surface area (Å²) in [6.45, 7) is 0.374. The average Bonchev–Trinajstić information content (AvgIpc) is 2.82. The molecule has 2 aromatic rings. The highest BCUT2D eigenvalue weighted by Gasteiger charge is 2.14. The zero-order valence-corrected chi connectivity index (χ0v) is 10.8. The number of nitrogens with one attached hydrogen (secondary N) is 1. The van der Waals surface area contributed by atoms with Gasteiger partial charge < -0.3 is 15.8 Å². The van der Waals surface area contributed by atoms with E-state index in [4.69, 9.17) is 10.5 Å². The van der Waals surface area contributed by atoms with Crippen LogP contribution < -0.4 is 11.1 Å². The molecule has 0 amide bonds. The Morgan fingerprint density at radius 3 is 2.95 bits per heavy atom. The van der Waals surface area contributed by atoms with Crippen LogP contribution in [0, 0.1) is 0 Å². The Balaban J connectivity index is 2.21. The highest BCUT2D eigenvalue weighted by Crippen LogP contribution is 2.24. The molecule has 0 aliphatic carbocycles. The third-order valence-corrected chi connectivity index (χ3v) is 2.57. The van der Waals surface area contributed by atoms with E-state index < -0.39 is 5.97 Å². The Hall–Kier alpha value is -2.57. The van der Waals surface area contributed by atoms with Crippen molar-refractivity contribution in [3.05, 3.63) is 35.9 Å². The summed E-state index contributed by atoms with van der Waals surface area (Å²) < 4.78 is 6.32. The van der Waals surface area contributed by atoms with Crippen molar-refractivity contribution in [2.75, 3.05) is 18.2 Å². The fourth-order valence-electron chi connectivity index (χ4n) is 1.68. The number of esters is 1. The van der Waals surface area contributed by atoms with Gasteiger partial charge >= 0.3 is 5.97 Å². The predicted octanol–water partition coefficient (Wildman–Crippen LogP) is 0.796. The number of hydrogen-bond donors (Lipinski definition) is 2. The molecule has 0 unspecified atom stereocenters. The van der Waals surface area contributed by atoms with Gasteiger partial charge in [-0.3, -0.25) is 4.68 Å². The first-order valence-electron chi connectivity index (χ1n) is 5.67. The summed E-state index contributed by atoms with van der Waals surface area (Å²) in [7, 11) is 3.11. The van der Waals surface area contributed by atoms with Gasteiger partial charge in [0.05, 0.1) is 30.6 Å². The van der Waals surface area contributed by atoms with Crippen molar-refractivity contribution < 1.29 is 9.53 Å². The van der Waals surface area contributed by atoms with Gasteiger partial charge in [0.1, 0.15) is 6.33 Å². The molecule has 0 radical (unpaired) electrons. The molecule has 0 saturated carbocycles. The summed E-state index contributed by atoms with van der Waals surface area (Å²) in [6, 6.07) is 5.06. The maximum absolute atomic E-state index is 11.6. The first kappa shape index (κ1) is 12.9. The molecule has 2 rings (SSSR count). The van der Waals surface area contributed by atoms with Crippen LogP contribution in [0.15, 0.2) is 24.5 Å². The zero-order chi connectivity index (χ0) is 13.8. The number of nitrogens with two attached hydrogens (primary N) is 1. The molecule has 0 aliphatic rings. The molecule has 3 N–H and O–H groups in total. The second-order valence-electron chi connectivity index (χ2n) is 3.95. The fraction of sp³-hybridized carbons (Fsp3) is 0.250. The van der Waals surface area contributed by atoms with Crippen LogP contribution in [0.2, 0.25) is 0 Å². The first-order valence-corrected chi connectivity index (χ1v) is 5.67. The maximum atomic E-state index is 11.6. The third kappa shape index (κ3) is 2.82. The van der Waals surface area contributed by atoms with Crippen LogP contribution in [0.25, 0.3) is 0 Å². The van der Waals surface area contributed by atoms with Gasteiger partial charge in [0, 0.05) is 7.05 Å². The molecule has 0 fully saturated rings. The van der Waals surface area contributed by atoms with Gasteiger partial charge in [-0.2, -0.15) is 5.10 Å². The lowest BCUT2D eigenvalue weighted by atomic mass is 10.1. The molecule has 0 atom stereocenters. The van der Waals surface area contributed by atoms with Gasteiger partial charge in [-0.15, -0.1) is 0 Å². The minimum Gasteiger partial charge on any atom is -0.465 e. The standard InChI is InChI=1S/C12H15N5O2/c1-17-7-15-10(16-17)6-14-11-8(12(18)19-2)4-3-5-9(11)13/h3-5,7,14H,6,13H2,1-2H3. The van der Waals surface area contributed by atoms with Gasteiger partial charge in [0.25, 0.3) is 0 Å². The zero-order valence-electron chi connectivity index (χ0n) is 10.8. The molecule has 7 heteroatoms. The number of aromatic nitrogens is 3. The summed E-state index contributed by atoms with van der Waals surface area (Å²) in [4.78, 5) is 15.7. The number of ether oxygens (including phenoxy) is 1. The van der Waals surface area contributed by atoms with Crippen LogP contribution in [0.4, 0.5) is 11.4 Å². The van der Waals surface area contributed by atoms with Crippen molar-refractivity contribution in [1.29, 1.82) is 0 Å². The van der Waals surface area contributed by atoms with Crippen molar-refractivity contribution in [2.24, 2.45) is 7.05 Å². The van der Waals surface area contributed by atoms with Crippen molar-refractivity contribution in [2.45, 2.75) is 6.54 Å². The highest BCUT2D eigenvalue weighted by atomic mass is 16.5. The first-order chi connectivity index (χ1) is 9.11. The largest absolute Gasteiger partial charge is 0.465 e. The smallest absolute Gasteiger partial charge is 0.340 e. The van der Waals surface area contributed by atoms with Gasteiger partial charge in [0.15, 0.2) is 5.82 Å². The summed E-state index contributed by atoms with van der Waals surface area (Å²) in [5.41, 5.74) is 7.25. The van der Waals surface area contributed by atoms with Crippen LogP contribution in [0.1, 0.15) is 16.2 Å². The number of benzene rings is 1. The van der Waals surface area contributed by atoms with E-state index >= 15 is 0 Å². The Morgan fingerprint density at radius 1 is 1.53 bits per heavy atom. The van der Waals surface area contributed by atoms with Gasteiger partial charge in [-0.25, -0.2) is 9.78 Å². The monoisotopic (exact) mass is 261 g/mol. The second-order valence-corrected chi connectivity index (χ2v) is 3.95. The van der Waals surface area contributed by atoms with Gasteiger partial charge in [0.2, 0.25) is 0 Å². The number of nitrogen functional groups attached to an aromatic ring is 1. The average molecular weight is 261 g/mol. The van der Waals surface area contributed by atoms with Crippen molar-refractivity contribution in [3.63, 3.8) is 0 Å². The van der Waals surface area contributed by atoms with Crippen LogP contribution in [-0.4, -0.2) is 27.8 Å². The minimum absolute atomic E-state index is 0.374. The summed E-state index contributed by atoms with van der Waals surface area (Å²) >= 11 is 0. The number of nitrogens with zero attached hydrogens (tertiary/aromatic N) is 3. The molecular formula is C12H15N5O2. The van der Waals surface area contributed by atoms with Crippen LogP contribution in [-0.2, 0) is 18.3 Å². The Kier molecular flexibility index (Phi) is 3.65. The van der Waals surface area contributed by atoms with Crippen molar-refractivity contribution in [3.8, 4) is 0 Å². The van der Waals surface area contributed by atoms with E-state index in [0.29, 0.717) is 29.3 Å². The van der Waals surface area contributed by atoms with E-state index in [1.807, 2.05) is 0 Å². The maximum Gasteiger partial charge on any atom is 0.340 e. The lowest BCUT2D eigenvalue weighted by molar-refractivity contribution is 0.0602. The molecule has 19 heavy (non-hydrogen) atoms. The summed E-state index contributed by atoms with van der Waals surface area (Å²) in [5.74, 6) is 0.172. The Labute approximate surface area is 110 Å². The Bertz CT molecular complexity index is 594. The molecular weight excluding hydrogens is 246 g/mol. The number of aryl methyl sites for hydroxylation is 1. The van der Waals surface area contributed by atoms with E-state index in [-0.39, 0.29) is 0 Å². The lowest BCUT2D eigenvalue weighted by Gasteiger charge is -2.11. The highest BCUT2D eigenvalue weighted by molar-refractivity contribution is 5.98. The van der Waals surface area contributed by atoms with Crippen LogP contribution in [0.3, 0.4) is 0 Å². The van der Waals surface area contributed by atoms with E-state index in [0.717, 1.165) is 0 Å². The molecule has 0 spiro atoms. The molecule has 100 valence electrons. The quantitative estimate of drug-likeness (QED) is 0.624. The second kappa shape index (κ2) is 5.38. The van der Waals surface area contributed by atoms with Crippen LogP contribution >= 0.6 is 0 Å². The number of para-hydroxylation sites is 1. The SMILES string of the molecule is COC(=O)c1cccc(N)c1NCc1ncn(C)n1. The number of carbonyl (C=O) groups is 1. The molecule has 1 heterocycles. The molecule has 0 saturated heterocycles. The van der Waals surface area contributed by atoms with Crippen LogP contribution in [0.5, 0.6) is 0 Å². The van der Waals surface area contributed by atoms with Crippen molar-refractivity contribution >= 4 is 17.3 Å². The Morgan fingerprint density at radius 2 is 2.32 bits per heavy atom. The predicted molar refractivity (Wildman–Crippen MR) is 70.5 cm³/mol. The van der Waals surface area contributed by atoms with E-state index in [2.05, 4.69) is 15.4 Å². The van der Waals surface area contributed by atoms with Gasteiger partial charge in [-0.1, -0.05) is 6.07 Å². The molecule has 1 aromatic carbocycles. The third-order valence-electron chi connectivity index (χ3n) is 2.57. The molecule has 0 bridgehead atoms. The lowest BCUT2D eigenvalue weighted by Crippen LogP contribution is -2.11. The molecule has 1 aromatic heterocycles. The number of anilines is 2. The normalized spacial score (nSPS) is 10.2. The van der Waals surface area contributed by atoms with E-state index in [9.17, 15) is 4.79 Å². The van der Waals surface area contributed by atoms with Gasteiger partial charge in [-0.05, 0) is 12.1 Å². The number of methoxy groups -OCH3 is 1. The van der Waals surface area contributed by atoms with E-state index in [1.54, 1.807) is 36.3 Å². The summed E-state index contributed by atoms with van der Waals surface area (Å²) in [5, 5.41) is 7.20. The topological polar surface area (TPSA) is 95.1 Å². The molecule has 7 nitrogen and oxygen atoms in total.